The first kappa shape index (κ1) is 85.1. The maximum Gasteiger partial charge on any atom is 0.417 e. The highest BCUT2D eigenvalue weighted by molar-refractivity contribution is 7.93. The van der Waals surface area contributed by atoms with Crippen LogP contribution in [0.15, 0.2) is 185 Å². The van der Waals surface area contributed by atoms with Crippen molar-refractivity contribution in [3.63, 3.8) is 0 Å². The molecule has 0 fully saturated rings. The molecule has 3 heterocycles. The number of alkyl halides is 9. The second-order valence-electron chi connectivity index (χ2n) is 20.8. The summed E-state index contributed by atoms with van der Waals surface area (Å²) in [5, 5.41) is 10.0. The lowest BCUT2D eigenvalue weighted by atomic mass is 10.2. The molecule has 6 aromatic carbocycles. The molecule has 0 saturated carbocycles. The number of amides is 2. The SMILES string of the molecule is CN(C(=O)c1ncc(Cl)cc1NS(=O)(=O)c1ccc(Cl)c(C(F)(F)F)c1)c1cccc(F)c1.CNc1ccccc1.COCN(c1cc(Cl)cnc1C(=O)N(C)c1ccc(F)cc1)S(=O)(=O)c1ccc(Cl)c(C(F)(F)F)c1.COCN(c1cc(Cl)cnc1C(=O)O)S(=O)(=O)c1ccc(Cl)c(C(F)(F)F)c1. The van der Waals surface area contributed by atoms with Gasteiger partial charge in [-0.3, -0.25) is 14.3 Å². The zero-order valence-corrected chi connectivity index (χ0v) is 60.8. The Balaban J connectivity index is 0.000000235. The number of hydrogen-bond donors (Lipinski definition) is 3. The second kappa shape index (κ2) is 35.5. The number of para-hydroxylation sites is 1. The number of nitrogens with zero attached hydrogens (tertiary/aromatic N) is 7. The second-order valence-corrected chi connectivity index (χ2v) is 28.7. The molecule has 3 aromatic heterocycles. The minimum absolute atomic E-state index is 0.0512. The van der Waals surface area contributed by atoms with Crippen LogP contribution in [0, 0.1) is 11.6 Å². The highest BCUT2D eigenvalue weighted by atomic mass is 35.5. The molecule has 41 heteroatoms. The predicted octanol–water partition coefficient (Wildman–Crippen LogP) is 16.9. The summed E-state index contributed by atoms with van der Waals surface area (Å²) in [7, 11) is -7.25. The first-order valence-electron chi connectivity index (χ1n) is 28.6. The van der Waals surface area contributed by atoms with Crippen molar-refractivity contribution in [2.45, 2.75) is 33.2 Å². The molecule has 0 aliphatic carbocycles. The van der Waals surface area contributed by atoms with E-state index in [2.05, 4.69) is 20.3 Å². The van der Waals surface area contributed by atoms with Gasteiger partial charge in [0.25, 0.3) is 41.9 Å². The fourth-order valence-corrected chi connectivity index (χ4v) is 13.7. The molecular weight excluding hydrogens is 1600 g/mol. The molecule has 0 unspecified atom stereocenters. The van der Waals surface area contributed by atoms with Gasteiger partial charge in [-0.25, -0.2) is 62.4 Å². The Bertz CT molecular complexity index is 5010. The van der Waals surface area contributed by atoms with Crippen LogP contribution in [0.25, 0.3) is 0 Å². The third-order valence-electron chi connectivity index (χ3n) is 13.7. The number of carboxylic acid groups (broad SMARTS) is 1. The summed E-state index contributed by atoms with van der Waals surface area (Å²) in [4.78, 5) is 48.8. The van der Waals surface area contributed by atoms with E-state index < -0.39 is 161 Å². The lowest BCUT2D eigenvalue weighted by Gasteiger charge is -2.27. The molecule has 105 heavy (non-hydrogen) atoms. The van der Waals surface area contributed by atoms with Crippen molar-refractivity contribution in [3.05, 3.63) is 246 Å². The van der Waals surface area contributed by atoms with Gasteiger partial charge in [0, 0.05) is 71.0 Å². The van der Waals surface area contributed by atoms with Crippen molar-refractivity contribution in [2.75, 3.05) is 77.3 Å². The van der Waals surface area contributed by atoms with Gasteiger partial charge in [-0.2, -0.15) is 39.5 Å². The maximum absolute atomic E-state index is 13.5. The highest BCUT2D eigenvalue weighted by Crippen LogP contribution is 2.41. The number of carbonyl (C=O) groups is 3. The minimum Gasteiger partial charge on any atom is -0.476 e. The predicted molar refractivity (Wildman–Crippen MR) is 372 cm³/mol. The molecule has 560 valence electrons. The number of pyridine rings is 3. The summed E-state index contributed by atoms with van der Waals surface area (Å²) in [6, 6.07) is 29.2. The van der Waals surface area contributed by atoms with Crippen LogP contribution in [0.5, 0.6) is 0 Å². The van der Waals surface area contributed by atoms with Crippen LogP contribution in [0.4, 0.5) is 82.4 Å². The summed E-state index contributed by atoms with van der Waals surface area (Å²) in [6.45, 7) is -1.41. The fraction of sp³-hybridized carbons (Fsp3) is 0.156. The van der Waals surface area contributed by atoms with Crippen molar-refractivity contribution in [1.82, 2.24) is 15.0 Å². The summed E-state index contributed by atoms with van der Waals surface area (Å²) in [5.74, 6) is -4.36. The molecule has 0 aliphatic heterocycles. The zero-order valence-electron chi connectivity index (χ0n) is 53.8. The van der Waals surface area contributed by atoms with Gasteiger partial charge in [0.1, 0.15) is 25.1 Å². The molecule has 0 atom stereocenters. The van der Waals surface area contributed by atoms with Crippen molar-refractivity contribution >= 4 is 152 Å². The molecule has 0 aliphatic rings. The number of rotatable bonds is 19. The van der Waals surface area contributed by atoms with E-state index in [-0.39, 0.29) is 37.8 Å². The Labute approximate surface area is 621 Å². The Hall–Kier alpha value is -8.88. The number of anilines is 6. The molecule has 9 rings (SSSR count). The zero-order chi connectivity index (χ0) is 78.5. The number of carboxylic acids is 1. The van der Waals surface area contributed by atoms with Crippen molar-refractivity contribution < 1.29 is 103 Å². The van der Waals surface area contributed by atoms with E-state index in [0.717, 1.165) is 121 Å². The fourth-order valence-electron chi connectivity index (χ4n) is 8.64. The van der Waals surface area contributed by atoms with E-state index >= 15 is 0 Å². The molecule has 0 radical (unpaired) electrons. The Morgan fingerprint density at radius 3 is 1.30 bits per heavy atom. The summed E-state index contributed by atoms with van der Waals surface area (Å²) >= 11 is 34.4. The van der Waals surface area contributed by atoms with Crippen molar-refractivity contribution in [1.29, 1.82) is 0 Å². The monoisotopic (exact) mass is 1650 g/mol. The van der Waals surface area contributed by atoms with Crippen molar-refractivity contribution in [3.8, 4) is 0 Å². The number of aromatic nitrogens is 3. The van der Waals surface area contributed by atoms with Gasteiger partial charge in [0.2, 0.25) is 0 Å². The van der Waals surface area contributed by atoms with Crippen LogP contribution in [0.1, 0.15) is 48.2 Å². The lowest BCUT2D eigenvalue weighted by Crippen LogP contribution is -2.36. The largest absolute Gasteiger partial charge is 0.476 e. The average Bonchev–Trinajstić information content (AvgIpc) is 0.774. The highest BCUT2D eigenvalue weighted by Gasteiger charge is 2.40. The molecule has 2 amide bonds. The summed E-state index contributed by atoms with van der Waals surface area (Å²) < 4.78 is 237. The summed E-state index contributed by atoms with van der Waals surface area (Å²) in [6.07, 6.45) is -11.6. The standard InChI is InChI=1S/C22H17Cl2F4N3O4S.C20H13Cl2F4N3O3S.C15H11Cl2F3N2O5S.C7H9N/c1-30(15-5-3-14(25)4-6-15)21(32)20-19(9-13(23)11-29-20)31(12-35-2)36(33,34)16-7-8-18(24)17(10-16)22(26,27)28;1-29(13-4-2-3-12(23)8-13)19(30)18-17(7-11(21)10-27-18)28-33(31,32)14-5-6-16(22)15(9-14)20(24,25)26;1-27-7-22(12-4-8(16)6-21-13(12)14(23)24)28(25,26)9-2-3-11(17)10(5-9)15(18,19)20;1-8-7-5-3-2-4-6-7/h3-11H,12H2,1-2H3;2-10,28H,1H3;2-6H,7H2,1H3,(H,23,24);2-6,8H,1H3. The van der Waals surface area contributed by atoms with Crippen LogP contribution >= 0.6 is 69.6 Å². The Kier molecular flexibility index (Phi) is 28.7. The van der Waals surface area contributed by atoms with E-state index in [1.54, 1.807) is 0 Å². The molecule has 21 nitrogen and oxygen atoms in total. The molecule has 0 spiro atoms. The normalized spacial score (nSPS) is 11.7. The molecule has 0 saturated heterocycles. The Morgan fingerprint density at radius 1 is 0.476 bits per heavy atom. The quantitative estimate of drug-likeness (QED) is 0.0501. The molecule has 9 aromatic rings. The van der Waals surface area contributed by atoms with E-state index in [0.29, 0.717) is 26.8 Å². The van der Waals surface area contributed by atoms with Crippen LogP contribution in [0.2, 0.25) is 30.1 Å². The summed E-state index contributed by atoms with van der Waals surface area (Å²) in [5.41, 5.74) is -5.24. The Morgan fingerprint density at radius 2 is 0.876 bits per heavy atom. The van der Waals surface area contributed by atoms with Gasteiger partial charge >= 0.3 is 24.5 Å². The average molecular weight is 1660 g/mol. The third kappa shape index (κ3) is 21.9. The van der Waals surface area contributed by atoms with Gasteiger partial charge in [0.05, 0.1) is 78.6 Å². The van der Waals surface area contributed by atoms with E-state index in [1.807, 2.05) is 42.1 Å². The van der Waals surface area contributed by atoms with Gasteiger partial charge in [-0.1, -0.05) is 93.9 Å². The molecular formula is C64H50Cl6F11N9O12S3. The number of nitrogens with one attached hydrogen (secondary N) is 2. The lowest BCUT2D eigenvalue weighted by molar-refractivity contribution is -0.138. The smallest absolute Gasteiger partial charge is 0.417 e. The third-order valence-corrected chi connectivity index (χ3v) is 20.1. The topological polar surface area (TPSA) is 268 Å². The van der Waals surface area contributed by atoms with Crippen LogP contribution < -0.4 is 28.4 Å². The van der Waals surface area contributed by atoms with E-state index in [4.69, 9.17) is 79.1 Å². The maximum atomic E-state index is 13.5. The van der Waals surface area contributed by atoms with E-state index in [1.165, 1.54) is 44.4 Å². The number of ether oxygens (including phenoxy) is 2. The number of aromatic carboxylic acids is 1. The van der Waals surface area contributed by atoms with E-state index in [9.17, 15) is 93.0 Å². The van der Waals surface area contributed by atoms with Crippen LogP contribution in [-0.2, 0) is 58.1 Å². The molecule has 3 N–H and O–H groups in total. The first-order chi connectivity index (χ1) is 48.9. The van der Waals surface area contributed by atoms with Crippen LogP contribution in [0.3, 0.4) is 0 Å². The number of methoxy groups -OCH3 is 2. The number of halogens is 17. The van der Waals surface area contributed by atoms with Crippen molar-refractivity contribution in [2.24, 2.45) is 0 Å². The molecule has 0 bridgehead atoms. The van der Waals surface area contributed by atoms with Crippen LogP contribution in [-0.4, -0.2) is 112 Å². The number of benzene rings is 6. The van der Waals surface area contributed by atoms with Gasteiger partial charge in [-0.05, 0) is 127 Å². The first-order valence-corrected chi connectivity index (χ1v) is 35.2. The number of hydrogen-bond acceptors (Lipinski definition) is 15. The minimum atomic E-state index is -4.93. The van der Waals surface area contributed by atoms with Gasteiger partial charge < -0.3 is 29.7 Å². The van der Waals surface area contributed by atoms with Gasteiger partial charge in [0.15, 0.2) is 17.1 Å². The number of carbonyl (C=O) groups excluding carboxylic acids is 2. The number of sulfonamides is 3. The van der Waals surface area contributed by atoms with Gasteiger partial charge in [-0.15, -0.1) is 0 Å².